The van der Waals surface area contributed by atoms with Crippen LogP contribution in [-0.2, 0) is 28.2 Å². The first-order valence-corrected chi connectivity index (χ1v) is 22.5. The molecular weight excluding hydrogens is 651 g/mol. The summed E-state index contributed by atoms with van der Waals surface area (Å²) in [6, 6.07) is 0. The number of allylic oxidation sites excluding steroid dienone is 2. The van der Waals surface area contributed by atoms with Crippen molar-refractivity contribution in [3.63, 3.8) is 0 Å². The number of phosphoric ester groups is 1. The van der Waals surface area contributed by atoms with E-state index in [1.807, 2.05) is 0 Å². The van der Waals surface area contributed by atoms with Gasteiger partial charge in [-0.05, 0) is 38.5 Å². The highest BCUT2D eigenvalue weighted by molar-refractivity contribution is 7.46. The number of carbonyl (C=O) groups is 2. The van der Waals surface area contributed by atoms with Gasteiger partial charge in [-0.3, -0.25) is 14.1 Å². The van der Waals surface area contributed by atoms with Gasteiger partial charge in [0, 0.05) is 12.8 Å². The predicted molar refractivity (Wildman–Crippen MR) is 207 cm³/mol. The molecule has 0 aromatic carbocycles. The van der Waals surface area contributed by atoms with Crippen molar-refractivity contribution in [2.75, 3.05) is 13.2 Å². The van der Waals surface area contributed by atoms with Gasteiger partial charge in [0.2, 0.25) is 0 Å². The van der Waals surface area contributed by atoms with Crippen LogP contribution >= 0.6 is 7.82 Å². The summed E-state index contributed by atoms with van der Waals surface area (Å²) in [5.74, 6) is -0.892. The second-order valence-electron chi connectivity index (χ2n) is 14.3. The molecule has 0 spiro atoms. The van der Waals surface area contributed by atoms with E-state index in [-0.39, 0.29) is 19.4 Å². The monoisotopic (exact) mass is 731 g/mol. The van der Waals surface area contributed by atoms with E-state index in [1.165, 1.54) is 141 Å². The molecule has 1 atom stereocenters. The SMILES string of the molecule is CCCCCCCC/C=C/CCCCCC(=O)O[C@H](COC(=O)CCCCCCCCCCCCCCCCCCCCC)COP(=O)(O)O. The molecule has 0 aliphatic rings. The largest absolute Gasteiger partial charge is 0.469 e. The molecule has 296 valence electrons. The molecule has 8 nitrogen and oxygen atoms in total. The topological polar surface area (TPSA) is 119 Å². The van der Waals surface area contributed by atoms with Gasteiger partial charge in [-0.1, -0.05) is 180 Å². The Bertz CT molecular complexity index is 827. The average Bonchev–Trinajstić information content (AvgIpc) is 3.08. The van der Waals surface area contributed by atoms with Crippen LogP contribution in [0, 0.1) is 0 Å². The molecule has 0 bridgehead atoms. The molecule has 0 saturated carbocycles. The van der Waals surface area contributed by atoms with Gasteiger partial charge in [0.1, 0.15) is 6.61 Å². The number of ether oxygens (including phenoxy) is 2. The van der Waals surface area contributed by atoms with Gasteiger partial charge in [0.05, 0.1) is 6.61 Å². The van der Waals surface area contributed by atoms with Crippen LogP contribution in [0.5, 0.6) is 0 Å². The summed E-state index contributed by atoms with van der Waals surface area (Å²) in [7, 11) is -4.75. The summed E-state index contributed by atoms with van der Waals surface area (Å²) in [6.07, 6.45) is 40.8. The number of rotatable bonds is 39. The molecule has 50 heavy (non-hydrogen) atoms. The number of esters is 2. The Balaban J connectivity index is 3.86. The standard InChI is InChI=1S/C41H79O8P/c1-3-5-7-9-11-13-15-17-18-19-20-21-22-24-25-27-29-31-33-35-40(42)47-37-39(38-48-50(44,45)46)49-41(43)36-34-32-30-28-26-23-16-14-12-10-8-6-4-2/h23,26,39H,3-22,24-25,27-38H2,1-2H3,(H2,44,45,46)/b26-23+/t39-/m1/s1. The molecule has 0 radical (unpaired) electrons. The summed E-state index contributed by atoms with van der Waals surface area (Å²) >= 11 is 0. The van der Waals surface area contributed by atoms with E-state index < -0.39 is 32.5 Å². The van der Waals surface area contributed by atoms with Crippen LogP contribution in [0.25, 0.3) is 0 Å². The zero-order chi connectivity index (χ0) is 36.8. The Hall–Kier alpha value is -1.21. The summed E-state index contributed by atoms with van der Waals surface area (Å²) in [6.45, 7) is 3.68. The maximum atomic E-state index is 12.4. The molecule has 0 unspecified atom stereocenters. The van der Waals surface area contributed by atoms with E-state index in [0.29, 0.717) is 6.42 Å². The Morgan fingerprint density at radius 2 is 0.840 bits per heavy atom. The van der Waals surface area contributed by atoms with Crippen molar-refractivity contribution < 1.29 is 37.9 Å². The zero-order valence-corrected chi connectivity index (χ0v) is 33.5. The summed E-state index contributed by atoms with van der Waals surface area (Å²) in [5.41, 5.74) is 0. The summed E-state index contributed by atoms with van der Waals surface area (Å²) < 4.78 is 26.3. The van der Waals surface area contributed by atoms with E-state index in [9.17, 15) is 14.2 Å². The fourth-order valence-electron chi connectivity index (χ4n) is 6.13. The Morgan fingerprint density at radius 3 is 1.24 bits per heavy atom. The smallest absolute Gasteiger partial charge is 0.462 e. The molecule has 0 heterocycles. The highest BCUT2D eigenvalue weighted by Gasteiger charge is 2.22. The first-order chi connectivity index (χ1) is 24.3. The number of hydrogen-bond donors (Lipinski definition) is 2. The first-order valence-electron chi connectivity index (χ1n) is 21.0. The van der Waals surface area contributed by atoms with E-state index >= 15 is 0 Å². The van der Waals surface area contributed by atoms with Crippen LogP contribution < -0.4 is 0 Å². The lowest BCUT2D eigenvalue weighted by molar-refractivity contribution is -0.161. The van der Waals surface area contributed by atoms with E-state index in [2.05, 4.69) is 30.5 Å². The van der Waals surface area contributed by atoms with Gasteiger partial charge in [-0.25, -0.2) is 4.57 Å². The molecule has 0 aliphatic carbocycles. The van der Waals surface area contributed by atoms with Crippen LogP contribution in [0.2, 0.25) is 0 Å². The second kappa shape index (κ2) is 37.5. The van der Waals surface area contributed by atoms with E-state index in [1.54, 1.807) is 0 Å². The van der Waals surface area contributed by atoms with Crippen molar-refractivity contribution in [1.82, 2.24) is 0 Å². The van der Waals surface area contributed by atoms with Gasteiger partial charge < -0.3 is 19.3 Å². The van der Waals surface area contributed by atoms with E-state index in [0.717, 1.165) is 44.9 Å². The first kappa shape index (κ1) is 48.8. The third kappa shape index (κ3) is 39.6. The lowest BCUT2D eigenvalue weighted by Gasteiger charge is -2.18. The second-order valence-corrected chi connectivity index (χ2v) is 15.6. The number of unbranched alkanes of at least 4 members (excludes halogenated alkanes) is 27. The lowest BCUT2D eigenvalue weighted by Crippen LogP contribution is -2.29. The molecule has 0 aliphatic heterocycles. The molecule has 0 saturated heterocycles. The zero-order valence-electron chi connectivity index (χ0n) is 32.6. The van der Waals surface area contributed by atoms with Gasteiger partial charge in [0.25, 0.3) is 0 Å². The summed E-state index contributed by atoms with van der Waals surface area (Å²) in [5, 5.41) is 0. The molecule has 0 amide bonds. The summed E-state index contributed by atoms with van der Waals surface area (Å²) in [4.78, 5) is 42.8. The maximum absolute atomic E-state index is 12.4. The van der Waals surface area contributed by atoms with Crippen molar-refractivity contribution in [3.05, 3.63) is 12.2 Å². The minimum absolute atomic E-state index is 0.196. The molecular formula is C41H79O8P. The Morgan fingerprint density at radius 1 is 0.500 bits per heavy atom. The molecule has 0 aromatic heterocycles. The fraction of sp³-hybridized carbons (Fsp3) is 0.902. The lowest BCUT2D eigenvalue weighted by atomic mass is 10.0. The van der Waals surface area contributed by atoms with Crippen LogP contribution in [0.4, 0.5) is 0 Å². The van der Waals surface area contributed by atoms with Gasteiger partial charge in [0.15, 0.2) is 6.10 Å². The Labute approximate surface area is 307 Å². The number of phosphoric acid groups is 1. The third-order valence-corrected chi connectivity index (χ3v) is 9.77. The van der Waals surface area contributed by atoms with Crippen molar-refractivity contribution in [1.29, 1.82) is 0 Å². The molecule has 0 rings (SSSR count). The minimum atomic E-state index is -4.75. The molecule has 9 heteroatoms. The van der Waals surface area contributed by atoms with Gasteiger partial charge >= 0.3 is 19.8 Å². The molecule has 0 aromatic rings. The van der Waals surface area contributed by atoms with Crippen molar-refractivity contribution in [2.45, 2.75) is 225 Å². The highest BCUT2D eigenvalue weighted by Crippen LogP contribution is 2.36. The maximum Gasteiger partial charge on any atom is 0.469 e. The molecule has 0 fully saturated rings. The average molecular weight is 731 g/mol. The van der Waals surface area contributed by atoms with E-state index in [4.69, 9.17) is 19.3 Å². The Kier molecular flexibility index (Phi) is 36.6. The fourth-order valence-corrected chi connectivity index (χ4v) is 6.49. The van der Waals surface area contributed by atoms with Gasteiger partial charge in [-0.15, -0.1) is 0 Å². The predicted octanol–water partition coefficient (Wildman–Crippen LogP) is 12.6. The third-order valence-electron chi connectivity index (χ3n) is 9.28. The van der Waals surface area contributed by atoms with Crippen molar-refractivity contribution >= 4 is 19.8 Å². The quantitative estimate of drug-likeness (QED) is 0.0278. The van der Waals surface area contributed by atoms with Crippen LogP contribution in [0.1, 0.15) is 219 Å². The normalized spacial score (nSPS) is 12.5. The number of hydrogen-bond acceptors (Lipinski definition) is 6. The highest BCUT2D eigenvalue weighted by atomic mass is 31.2. The van der Waals surface area contributed by atoms with Crippen molar-refractivity contribution in [2.24, 2.45) is 0 Å². The van der Waals surface area contributed by atoms with Gasteiger partial charge in [-0.2, -0.15) is 0 Å². The van der Waals surface area contributed by atoms with Crippen LogP contribution in [0.15, 0.2) is 12.2 Å². The number of carbonyl (C=O) groups excluding carboxylic acids is 2. The molecule has 2 N–H and O–H groups in total. The van der Waals surface area contributed by atoms with Crippen LogP contribution in [-0.4, -0.2) is 41.0 Å². The van der Waals surface area contributed by atoms with Crippen molar-refractivity contribution in [3.8, 4) is 0 Å². The minimum Gasteiger partial charge on any atom is -0.462 e. The van der Waals surface area contributed by atoms with Crippen LogP contribution in [0.3, 0.4) is 0 Å².